The van der Waals surface area contributed by atoms with Crippen LogP contribution < -0.4 is 5.32 Å². The lowest BCUT2D eigenvalue weighted by atomic mass is 10.0. The van der Waals surface area contributed by atoms with Gasteiger partial charge in [0.05, 0.1) is 6.61 Å². The number of hydrogen-bond acceptors (Lipinski definition) is 3. The number of phenolic OH excluding ortho intramolecular Hbond substituents is 1. The van der Waals surface area contributed by atoms with E-state index in [1.807, 2.05) is 31.2 Å². The molecule has 0 heterocycles. The van der Waals surface area contributed by atoms with Crippen LogP contribution in [-0.4, -0.2) is 24.4 Å². The molecule has 0 saturated heterocycles. The number of ether oxygens (including phenoxy) is 1. The average Bonchev–Trinajstić information content (AvgIpc) is 2.44. The van der Waals surface area contributed by atoms with Crippen molar-refractivity contribution in [1.29, 1.82) is 0 Å². The topological polar surface area (TPSA) is 41.5 Å². The molecule has 102 valence electrons. The van der Waals surface area contributed by atoms with E-state index in [2.05, 4.69) is 18.3 Å². The second-order valence-electron chi connectivity index (χ2n) is 4.73. The third-order valence-electron chi connectivity index (χ3n) is 3.22. The normalized spacial score (nSPS) is 12.7. The Hall–Kier alpha value is -1.58. The molecule has 2 rings (SSSR count). The number of fused-ring (bicyclic) bond motifs is 1. The van der Waals surface area contributed by atoms with Crippen LogP contribution in [0.2, 0.25) is 0 Å². The third kappa shape index (κ3) is 3.46. The zero-order chi connectivity index (χ0) is 13.7. The summed E-state index contributed by atoms with van der Waals surface area (Å²) in [6.45, 7) is 6.12. The lowest BCUT2D eigenvalue weighted by molar-refractivity contribution is 0.127. The van der Waals surface area contributed by atoms with E-state index in [1.165, 1.54) is 0 Å². The highest BCUT2D eigenvalue weighted by Gasteiger charge is 2.08. The number of rotatable bonds is 6. The van der Waals surface area contributed by atoms with Crippen molar-refractivity contribution in [3.8, 4) is 5.75 Å². The summed E-state index contributed by atoms with van der Waals surface area (Å²) in [4.78, 5) is 0. The second-order valence-corrected chi connectivity index (χ2v) is 4.73. The van der Waals surface area contributed by atoms with Crippen molar-refractivity contribution in [1.82, 2.24) is 5.32 Å². The molecule has 0 bridgehead atoms. The fourth-order valence-corrected chi connectivity index (χ4v) is 2.14. The number of phenols is 1. The Morgan fingerprint density at radius 2 is 2.00 bits per heavy atom. The van der Waals surface area contributed by atoms with Crippen LogP contribution in [0.3, 0.4) is 0 Å². The van der Waals surface area contributed by atoms with Crippen LogP contribution in [0, 0.1) is 0 Å². The summed E-state index contributed by atoms with van der Waals surface area (Å²) in [6, 6.07) is 12.1. The minimum Gasteiger partial charge on any atom is -0.508 e. The maximum atomic E-state index is 10.0. The Morgan fingerprint density at radius 3 is 2.79 bits per heavy atom. The van der Waals surface area contributed by atoms with Gasteiger partial charge in [0.25, 0.3) is 0 Å². The van der Waals surface area contributed by atoms with Gasteiger partial charge in [0.1, 0.15) is 5.75 Å². The van der Waals surface area contributed by atoms with Crippen LogP contribution in [0.15, 0.2) is 36.4 Å². The fraction of sp³-hybridized carbons (Fsp3) is 0.375. The van der Waals surface area contributed by atoms with Gasteiger partial charge in [-0.3, -0.25) is 0 Å². The molecule has 2 N–H and O–H groups in total. The molecule has 2 aromatic rings. The first kappa shape index (κ1) is 13.8. The minimum atomic E-state index is 0.262. The summed E-state index contributed by atoms with van der Waals surface area (Å²) in [6.07, 6.45) is 0. The lowest BCUT2D eigenvalue weighted by Gasteiger charge is -2.15. The molecule has 0 fully saturated rings. The molecule has 3 nitrogen and oxygen atoms in total. The Balaban J connectivity index is 2.13. The number of aromatic hydroxyl groups is 1. The van der Waals surface area contributed by atoms with Gasteiger partial charge in [-0.25, -0.2) is 0 Å². The predicted octanol–water partition coefficient (Wildman–Crippen LogP) is 3.06. The number of hydrogen-bond donors (Lipinski definition) is 2. The van der Waals surface area contributed by atoms with E-state index < -0.39 is 0 Å². The van der Waals surface area contributed by atoms with Crippen LogP contribution in [0.1, 0.15) is 19.4 Å². The highest BCUT2D eigenvalue weighted by atomic mass is 16.5. The predicted molar refractivity (Wildman–Crippen MR) is 78.4 cm³/mol. The van der Waals surface area contributed by atoms with Crippen molar-refractivity contribution in [2.45, 2.75) is 26.4 Å². The zero-order valence-electron chi connectivity index (χ0n) is 11.5. The van der Waals surface area contributed by atoms with Crippen LogP contribution in [0.25, 0.3) is 10.8 Å². The molecule has 0 saturated carbocycles. The Labute approximate surface area is 114 Å². The monoisotopic (exact) mass is 259 g/mol. The molecular formula is C16H21NO2. The van der Waals surface area contributed by atoms with Crippen LogP contribution in [0.4, 0.5) is 0 Å². The van der Waals surface area contributed by atoms with Gasteiger partial charge < -0.3 is 15.2 Å². The van der Waals surface area contributed by atoms with E-state index in [0.29, 0.717) is 18.9 Å². The van der Waals surface area contributed by atoms with Crippen molar-refractivity contribution < 1.29 is 9.84 Å². The van der Waals surface area contributed by atoms with Gasteiger partial charge in [-0.2, -0.15) is 0 Å². The molecule has 0 aliphatic carbocycles. The summed E-state index contributed by atoms with van der Waals surface area (Å²) in [5.74, 6) is 0.342. The van der Waals surface area contributed by atoms with E-state index >= 15 is 0 Å². The largest absolute Gasteiger partial charge is 0.508 e. The molecule has 1 unspecified atom stereocenters. The quantitative estimate of drug-likeness (QED) is 0.837. The van der Waals surface area contributed by atoms with E-state index in [4.69, 9.17) is 4.74 Å². The molecule has 2 aromatic carbocycles. The Kier molecular flexibility index (Phi) is 4.77. The van der Waals surface area contributed by atoms with Gasteiger partial charge in [0, 0.05) is 24.8 Å². The average molecular weight is 259 g/mol. The fourth-order valence-electron chi connectivity index (χ4n) is 2.14. The highest BCUT2D eigenvalue weighted by molar-refractivity contribution is 5.87. The third-order valence-corrected chi connectivity index (χ3v) is 3.22. The molecule has 1 atom stereocenters. The summed E-state index contributed by atoms with van der Waals surface area (Å²) in [5, 5.41) is 15.7. The smallest absolute Gasteiger partial charge is 0.120 e. The SMILES string of the molecule is CCOCC(C)NCc1c(O)ccc2ccccc12. The van der Waals surface area contributed by atoms with Crippen molar-refractivity contribution in [3.05, 3.63) is 42.0 Å². The number of nitrogens with one attached hydrogen (secondary N) is 1. The van der Waals surface area contributed by atoms with Gasteiger partial charge in [0.2, 0.25) is 0 Å². The Bertz CT molecular complexity index is 539. The van der Waals surface area contributed by atoms with Gasteiger partial charge >= 0.3 is 0 Å². The van der Waals surface area contributed by atoms with E-state index in [1.54, 1.807) is 6.07 Å². The maximum Gasteiger partial charge on any atom is 0.120 e. The summed E-state index contributed by atoms with van der Waals surface area (Å²) >= 11 is 0. The molecule has 0 aliphatic heterocycles. The zero-order valence-corrected chi connectivity index (χ0v) is 11.5. The van der Waals surface area contributed by atoms with Gasteiger partial charge in [0.15, 0.2) is 0 Å². The van der Waals surface area contributed by atoms with E-state index in [9.17, 15) is 5.11 Å². The minimum absolute atomic E-state index is 0.262. The molecule has 0 aromatic heterocycles. The van der Waals surface area contributed by atoms with E-state index in [0.717, 1.165) is 22.9 Å². The molecule has 0 amide bonds. The molecule has 3 heteroatoms. The summed E-state index contributed by atoms with van der Waals surface area (Å²) in [7, 11) is 0. The van der Waals surface area contributed by atoms with Gasteiger partial charge in [-0.15, -0.1) is 0 Å². The highest BCUT2D eigenvalue weighted by Crippen LogP contribution is 2.26. The van der Waals surface area contributed by atoms with Crippen LogP contribution >= 0.6 is 0 Å². The summed E-state index contributed by atoms with van der Waals surface area (Å²) in [5.41, 5.74) is 0.946. The second kappa shape index (κ2) is 6.55. The molecular weight excluding hydrogens is 238 g/mol. The van der Waals surface area contributed by atoms with Crippen LogP contribution in [-0.2, 0) is 11.3 Å². The van der Waals surface area contributed by atoms with Crippen molar-refractivity contribution in [3.63, 3.8) is 0 Å². The first-order valence-corrected chi connectivity index (χ1v) is 6.73. The first-order valence-electron chi connectivity index (χ1n) is 6.73. The Morgan fingerprint density at radius 1 is 1.21 bits per heavy atom. The molecule has 0 radical (unpaired) electrons. The molecule has 0 spiro atoms. The maximum absolute atomic E-state index is 10.0. The standard InChI is InChI=1S/C16H21NO2/c1-3-19-11-12(2)17-10-15-14-7-5-4-6-13(14)8-9-16(15)18/h4-9,12,17-18H,3,10-11H2,1-2H3. The van der Waals surface area contributed by atoms with Crippen molar-refractivity contribution >= 4 is 10.8 Å². The summed E-state index contributed by atoms with van der Waals surface area (Å²) < 4.78 is 5.38. The van der Waals surface area contributed by atoms with Gasteiger partial charge in [-0.05, 0) is 30.7 Å². The molecule has 0 aliphatic rings. The lowest BCUT2D eigenvalue weighted by Crippen LogP contribution is -2.30. The van der Waals surface area contributed by atoms with Crippen molar-refractivity contribution in [2.24, 2.45) is 0 Å². The van der Waals surface area contributed by atoms with E-state index in [-0.39, 0.29) is 6.04 Å². The van der Waals surface area contributed by atoms with Crippen molar-refractivity contribution in [2.75, 3.05) is 13.2 Å². The first-order chi connectivity index (χ1) is 9.22. The molecule has 19 heavy (non-hydrogen) atoms. The van der Waals surface area contributed by atoms with Crippen LogP contribution in [0.5, 0.6) is 5.75 Å². The van der Waals surface area contributed by atoms with Gasteiger partial charge in [-0.1, -0.05) is 30.3 Å². The number of benzene rings is 2.